The van der Waals surface area contributed by atoms with Crippen molar-refractivity contribution in [2.75, 3.05) is 12.4 Å². The van der Waals surface area contributed by atoms with E-state index in [9.17, 15) is 9.00 Å². The summed E-state index contributed by atoms with van der Waals surface area (Å²) in [6.45, 7) is 5.94. The maximum absolute atomic E-state index is 12.7. The third kappa shape index (κ3) is 7.64. The summed E-state index contributed by atoms with van der Waals surface area (Å²) >= 11 is 6.16. The van der Waals surface area contributed by atoms with Gasteiger partial charge < -0.3 is 4.74 Å². The average Bonchev–Trinajstić information content (AvgIpc) is 2.83. The van der Waals surface area contributed by atoms with Crippen molar-refractivity contribution in [3.63, 3.8) is 0 Å². The summed E-state index contributed by atoms with van der Waals surface area (Å²) < 4.78 is 18.2. The van der Waals surface area contributed by atoms with Gasteiger partial charge in [-0.15, -0.1) is 0 Å². The fraction of sp³-hybridized carbons (Fsp3) is 0.480. The van der Waals surface area contributed by atoms with Crippen molar-refractivity contribution in [1.29, 1.82) is 0 Å². The molecule has 0 aliphatic carbocycles. The van der Waals surface area contributed by atoms with E-state index in [0.29, 0.717) is 35.7 Å². The molecule has 1 aromatic carbocycles. The van der Waals surface area contributed by atoms with Crippen molar-refractivity contribution in [2.24, 2.45) is 11.0 Å². The lowest BCUT2D eigenvalue weighted by molar-refractivity contribution is -0.144. The third-order valence-corrected chi connectivity index (χ3v) is 7.49. The van der Waals surface area contributed by atoms with Crippen molar-refractivity contribution < 1.29 is 13.7 Å². The summed E-state index contributed by atoms with van der Waals surface area (Å²) in [7, 11) is -1.27. The van der Waals surface area contributed by atoms with Crippen LogP contribution in [-0.2, 0) is 33.4 Å². The van der Waals surface area contributed by atoms with Crippen LogP contribution in [0.25, 0.3) is 0 Å². The Morgan fingerprint density at radius 3 is 2.91 bits per heavy atom. The van der Waals surface area contributed by atoms with E-state index in [1.807, 2.05) is 35.3 Å². The first-order valence-corrected chi connectivity index (χ1v) is 13.2. The number of aromatic nitrogens is 1. The normalized spacial score (nSPS) is 14.6. The number of fused-ring (bicyclic) bond motifs is 1. The van der Waals surface area contributed by atoms with E-state index in [1.165, 1.54) is 0 Å². The average molecular weight is 490 g/mol. The lowest BCUT2D eigenvalue weighted by atomic mass is 10.0. The molecule has 2 atom stereocenters. The van der Waals surface area contributed by atoms with Gasteiger partial charge in [0, 0.05) is 28.0 Å². The zero-order chi connectivity index (χ0) is 23.6. The molecule has 2 aromatic rings. The van der Waals surface area contributed by atoms with Crippen LogP contribution in [0.3, 0.4) is 0 Å². The van der Waals surface area contributed by atoms with Crippen molar-refractivity contribution in [2.45, 2.75) is 63.9 Å². The van der Waals surface area contributed by atoms with Crippen LogP contribution in [0.15, 0.2) is 46.5 Å². The summed E-state index contributed by atoms with van der Waals surface area (Å²) in [6, 6.07) is 9.53. The number of rotatable bonds is 12. The minimum atomic E-state index is -1.27. The minimum Gasteiger partial charge on any atom is -0.465 e. The van der Waals surface area contributed by atoms with Crippen LogP contribution in [-0.4, -0.2) is 38.7 Å². The molecular weight excluding hydrogens is 458 g/mol. The number of hydrazone groups is 1. The van der Waals surface area contributed by atoms with E-state index in [0.717, 1.165) is 42.4 Å². The fourth-order valence-electron chi connectivity index (χ4n) is 3.67. The number of esters is 1. The Balaban J connectivity index is 1.50. The lowest BCUT2D eigenvalue weighted by Gasteiger charge is -2.24. The highest BCUT2D eigenvalue weighted by Crippen LogP contribution is 2.22. The highest BCUT2D eigenvalue weighted by Gasteiger charge is 2.17. The Labute approximate surface area is 203 Å². The number of ether oxygens (including phenoxy) is 1. The van der Waals surface area contributed by atoms with E-state index in [1.54, 1.807) is 12.4 Å². The predicted molar refractivity (Wildman–Crippen MR) is 133 cm³/mol. The molecule has 0 spiro atoms. The second-order valence-electron chi connectivity index (χ2n) is 8.28. The van der Waals surface area contributed by atoms with E-state index >= 15 is 0 Å². The van der Waals surface area contributed by atoms with Crippen molar-refractivity contribution >= 4 is 34.6 Å². The molecule has 3 rings (SSSR count). The molecule has 8 heteroatoms. The molecule has 0 saturated heterocycles. The first kappa shape index (κ1) is 25.4. The number of unbranched alkanes of at least 4 members (excludes halogenated alkanes) is 1. The molecule has 1 aromatic heterocycles. The Kier molecular flexibility index (Phi) is 9.88. The third-order valence-electron chi connectivity index (χ3n) is 5.80. The largest absolute Gasteiger partial charge is 0.465 e. The fourth-order valence-corrected chi connectivity index (χ4v) is 4.91. The Morgan fingerprint density at radius 1 is 1.30 bits per heavy atom. The molecule has 178 valence electrons. The highest BCUT2D eigenvalue weighted by molar-refractivity contribution is 7.85. The summed E-state index contributed by atoms with van der Waals surface area (Å²) in [4.78, 5) is 16.9. The Hall–Kier alpha value is -2.25. The molecule has 0 fully saturated rings. The van der Waals surface area contributed by atoms with Gasteiger partial charge in [0.15, 0.2) is 0 Å². The predicted octanol–water partition coefficient (Wildman–Crippen LogP) is 5.34. The Bertz CT molecular complexity index is 999. The van der Waals surface area contributed by atoms with Crippen molar-refractivity contribution in [3.05, 3.63) is 58.4 Å². The van der Waals surface area contributed by atoms with Gasteiger partial charge in [0.25, 0.3) is 0 Å². The van der Waals surface area contributed by atoms with E-state index < -0.39 is 10.8 Å². The van der Waals surface area contributed by atoms with Gasteiger partial charge in [0.05, 0.1) is 43.1 Å². The van der Waals surface area contributed by atoms with Crippen LogP contribution in [0.4, 0.5) is 0 Å². The molecule has 0 saturated carbocycles. The van der Waals surface area contributed by atoms with Gasteiger partial charge in [-0.05, 0) is 36.1 Å². The molecule has 0 bridgehead atoms. The first-order chi connectivity index (χ1) is 16.0. The van der Waals surface area contributed by atoms with Crippen LogP contribution >= 0.6 is 11.6 Å². The van der Waals surface area contributed by atoms with E-state index in [2.05, 4.69) is 23.9 Å². The molecule has 0 N–H and O–H groups in total. The Morgan fingerprint density at radius 2 is 2.15 bits per heavy atom. The van der Waals surface area contributed by atoms with Crippen molar-refractivity contribution in [1.82, 2.24) is 9.99 Å². The molecule has 2 unspecified atom stereocenters. The lowest BCUT2D eigenvalue weighted by Crippen LogP contribution is -2.22. The molecule has 1 aliphatic heterocycles. The zero-order valence-electron chi connectivity index (χ0n) is 19.3. The second-order valence-corrected chi connectivity index (χ2v) is 10.2. The number of carbonyl (C=O) groups is 1. The summed E-state index contributed by atoms with van der Waals surface area (Å²) in [5.74, 6) is 0.391. The number of nitrogens with zero attached hydrogens (tertiary/aromatic N) is 3. The molecule has 6 nitrogen and oxygen atoms in total. The molecule has 0 radical (unpaired) electrons. The monoisotopic (exact) mass is 489 g/mol. The summed E-state index contributed by atoms with van der Waals surface area (Å²) in [6.07, 6.45) is 7.97. The van der Waals surface area contributed by atoms with Gasteiger partial charge in [-0.1, -0.05) is 56.8 Å². The van der Waals surface area contributed by atoms with Crippen LogP contribution in [0.5, 0.6) is 0 Å². The van der Waals surface area contributed by atoms with Crippen LogP contribution in [0.1, 0.15) is 62.6 Å². The van der Waals surface area contributed by atoms with Gasteiger partial charge in [-0.25, -0.2) is 4.98 Å². The van der Waals surface area contributed by atoms with Crippen molar-refractivity contribution in [3.8, 4) is 0 Å². The van der Waals surface area contributed by atoms with Crippen LogP contribution < -0.4 is 0 Å². The smallest absolute Gasteiger partial charge is 0.306 e. The van der Waals surface area contributed by atoms with Crippen LogP contribution in [0, 0.1) is 5.92 Å². The SMILES string of the molecule is CCCCC(CC)COC(=O)CCS(=O)c1ccc2c(c1)C=NN(Cc1cccnc1Cl)C2. The standard InChI is InChI=1S/C25H32ClN3O3S/c1-3-5-7-19(4-2)18-32-24(30)11-13-33(31)23-10-9-20-16-29(28-15-22(20)14-23)17-21-8-6-12-27-25(21)26/h6,8-10,12,14-15,19H,3-5,7,11,13,16-18H2,1-2H3. The first-order valence-electron chi connectivity index (χ1n) is 11.5. The number of pyridine rings is 1. The van der Waals surface area contributed by atoms with E-state index in [4.69, 9.17) is 16.3 Å². The molecule has 0 amide bonds. The maximum atomic E-state index is 12.7. The molecule has 33 heavy (non-hydrogen) atoms. The van der Waals surface area contributed by atoms with E-state index in [-0.39, 0.29) is 18.1 Å². The van der Waals surface area contributed by atoms with Gasteiger partial charge >= 0.3 is 5.97 Å². The van der Waals surface area contributed by atoms with Gasteiger partial charge in [0.2, 0.25) is 0 Å². The number of carbonyl (C=O) groups excluding carboxylic acids is 1. The maximum Gasteiger partial charge on any atom is 0.306 e. The number of hydrogen-bond acceptors (Lipinski definition) is 6. The summed E-state index contributed by atoms with van der Waals surface area (Å²) in [5.41, 5.74) is 2.96. The summed E-state index contributed by atoms with van der Waals surface area (Å²) in [5, 5.41) is 6.90. The highest BCUT2D eigenvalue weighted by atomic mass is 35.5. The second kappa shape index (κ2) is 12.8. The zero-order valence-corrected chi connectivity index (χ0v) is 20.9. The topological polar surface area (TPSA) is 71.9 Å². The number of halogens is 1. The minimum absolute atomic E-state index is 0.154. The quantitative estimate of drug-likeness (QED) is 0.297. The van der Waals surface area contributed by atoms with Gasteiger partial charge in [0.1, 0.15) is 5.15 Å². The molecular formula is C25H32ClN3O3S. The van der Waals surface area contributed by atoms with Gasteiger partial charge in [-0.2, -0.15) is 5.10 Å². The van der Waals surface area contributed by atoms with Crippen LogP contribution in [0.2, 0.25) is 5.15 Å². The molecule has 1 aliphatic rings. The number of benzene rings is 1. The van der Waals surface area contributed by atoms with Gasteiger partial charge in [-0.3, -0.25) is 14.0 Å². The number of hydrogen-bond donors (Lipinski definition) is 0. The molecule has 2 heterocycles.